The number of nitrogens with zero attached hydrogens (tertiary/aromatic N) is 1. The van der Waals surface area contributed by atoms with Crippen molar-refractivity contribution in [2.75, 3.05) is 0 Å². The smallest absolute Gasteiger partial charge is 0.264 e. The molecule has 128 valence electrons. The molecule has 25 heavy (non-hydrogen) atoms. The van der Waals surface area contributed by atoms with Gasteiger partial charge in [0.05, 0.1) is 10.6 Å². The summed E-state index contributed by atoms with van der Waals surface area (Å²) in [6.07, 6.45) is 5.26. The molecule has 0 unspecified atom stereocenters. The van der Waals surface area contributed by atoms with Crippen LogP contribution in [-0.2, 0) is 11.2 Å². The van der Waals surface area contributed by atoms with Crippen LogP contribution in [0.4, 0.5) is 5.69 Å². The van der Waals surface area contributed by atoms with Gasteiger partial charge >= 0.3 is 0 Å². The molecule has 1 fully saturated rings. The highest BCUT2D eigenvalue weighted by Gasteiger charge is 2.24. The van der Waals surface area contributed by atoms with Gasteiger partial charge in [0.2, 0.25) is 0 Å². The highest BCUT2D eigenvalue weighted by Crippen LogP contribution is 2.29. The lowest BCUT2D eigenvalue weighted by Crippen LogP contribution is -2.19. The van der Waals surface area contributed by atoms with Gasteiger partial charge in [-0.3, -0.25) is 4.79 Å². The first kappa shape index (κ1) is 17.8. The van der Waals surface area contributed by atoms with Crippen molar-refractivity contribution in [3.05, 3.63) is 69.6 Å². The standard InChI is InChI=1S/C20H19ClN2OS/c1-2-3-6-14-9-11-16(12-10-14)22-20-23-19(24)18(25-20)13-15-7-4-5-8-17(15)21/h4-5,7-13H,2-3,6H2,1H3,(H,22,23,24). The molecule has 1 aliphatic rings. The van der Waals surface area contributed by atoms with Gasteiger partial charge in [-0.2, -0.15) is 0 Å². The molecule has 0 aromatic heterocycles. The summed E-state index contributed by atoms with van der Waals surface area (Å²) in [5, 5.41) is 4.01. The van der Waals surface area contributed by atoms with Gasteiger partial charge in [0.15, 0.2) is 5.17 Å². The molecular weight excluding hydrogens is 352 g/mol. The molecule has 1 saturated heterocycles. The van der Waals surface area contributed by atoms with Gasteiger partial charge in [-0.15, -0.1) is 0 Å². The number of hydrogen-bond donors (Lipinski definition) is 1. The van der Waals surface area contributed by atoms with E-state index in [1.54, 1.807) is 12.1 Å². The average Bonchev–Trinajstić information content (AvgIpc) is 2.95. The second kappa shape index (κ2) is 8.37. The number of carbonyl (C=O) groups is 1. The van der Waals surface area contributed by atoms with Gasteiger partial charge in [0, 0.05) is 5.02 Å². The van der Waals surface area contributed by atoms with E-state index in [1.165, 1.54) is 30.2 Å². The summed E-state index contributed by atoms with van der Waals surface area (Å²) >= 11 is 7.48. The maximum Gasteiger partial charge on any atom is 0.264 e. The van der Waals surface area contributed by atoms with E-state index in [-0.39, 0.29) is 5.91 Å². The summed E-state index contributed by atoms with van der Waals surface area (Å²) in [6, 6.07) is 15.6. The number of unbranched alkanes of at least 4 members (excludes halogenated alkanes) is 1. The van der Waals surface area contributed by atoms with Crippen LogP contribution < -0.4 is 5.32 Å². The predicted octanol–water partition coefficient (Wildman–Crippen LogP) is 5.57. The van der Waals surface area contributed by atoms with Gasteiger partial charge in [-0.1, -0.05) is 55.3 Å². The van der Waals surface area contributed by atoms with E-state index in [4.69, 9.17) is 11.6 Å². The van der Waals surface area contributed by atoms with Crippen LogP contribution in [0.25, 0.3) is 6.08 Å². The minimum absolute atomic E-state index is 0.150. The van der Waals surface area contributed by atoms with E-state index < -0.39 is 0 Å². The lowest BCUT2D eigenvalue weighted by Gasteiger charge is -2.01. The van der Waals surface area contributed by atoms with Crippen molar-refractivity contribution in [2.45, 2.75) is 26.2 Å². The topological polar surface area (TPSA) is 41.5 Å². The minimum Gasteiger partial charge on any atom is -0.300 e. The molecule has 5 heteroatoms. The van der Waals surface area contributed by atoms with E-state index in [2.05, 4.69) is 29.4 Å². The Morgan fingerprint density at radius 2 is 1.92 bits per heavy atom. The Kier molecular flexibility index (Phi) is 5.95. The highest BCUT2D eigenvalue weighted by molar-refractivity contribution is 8.18. The number of nitrogens with one attached hydrogen (secondary N) is 1. The maximum absolute atomic E-state index is 12.1. The van der Waals surface area contributed by atoms with Crippen LogP contribution in [0.2, 0.25) is 5.02 Å². The lowest BCUT2D eigenvalue weighted by molar-refractivity contribution is -0.115. The Morgan fingerprint density at radius 1 is 1.16 bits per heavy atom. The molecule has 1 amide bonds. The molecule has 0 spiro atoms. The third-order valence-electron chi connectivity index (χ3n) is 3.83. The predicted molar refractivity (Wildman–Crippen MR) is 107 cm³/mol. The number of halogens is 1. The number of benzene rings is 2. The van der Waals surface area contributed by atoms with Gasteiger partial charge in [0.25, 0.3) is 5.91 Å². The Balaban J connectivity index is 1.73. The highest BCUT2D eigenvalue weighted by atomic mass is 35.5. The van der Waals surface area contributed by atoms with Crippen LogP contribution in [0.5, 0.6) is 0 Å². The second-order valence-electron chi connectivity index (χ2n) is 5.77. The summed E-state index contributed by atoms with van der Waals surface area (Å²) in [5.41, 5.74) is 2.97. The zero-order valence-corrected chi connectivity index (χ0v) is 15.5. The number of thioether (sulfide) groups is 1. The second-order valence-corrected chi connectivity index (χ2v) is 7.21. The van der Waals surface area contributed by atoms with Crippen molar-refractivity contribution < 1.29 is 4.79 Å². The zero-order valence-electron chi connectivity index (χ0n) is 14.0. The quantitative estimate of drug-likeness (QED) is 0.698. The third-order valence-corrected chi connectivity index (χ3v) is 5.08. The van der Waals surface area contributed by atoms with E-state index in [0.717, 1.165) is 17.7 Å². The van der Waals surface area contributed by atoms with Crippen LogP contribution in [0.1, 0.15) is 30.9 Å². The molecule has 0 bridgehead atoms. The first-order chi connectivity index (χ1) is 12.2. The van der Waals surface area contributed by atoms with E-state index in [0.29, 0.717) is 15.1 Å². The molecule has 2 aromatic rings. The van der Waals surface area contributed by atoms with Crippen LogP contribution in [0.15, 0.2) is 58.4 Å². The fourth-order valence-corrected chi connectivity index (χ4v) is 3.47. The number of amidine groups is 1. The van der Waals surface area contributed by atoms with E-state index in [9.17, 15) is 4.79 Å². The largest absolute Gasteiger partial charge is 0.300 e. The molecule has 1 N–H and O–H groups in total. The fraction of sp³-hybridized carbons (Fsp3) is 0.200. The average molecular weight is 371 g/mol. The Bertz CT molecular complexity index is 828. The summed E-state index contributed by atoms with van der Waals surface area (Å²) in [6.45, 7) is 2.19. The molecular formula is C20H19ClN2OS. The third kappa shape index (κ3) is 4.74. The van der Waals surface area contributed by atoms with Gasteiger partial charge in [-0.25, -0.2) is 4.99 Å². The van der Waals surface area contributed by atoms with Gasteiger partial charge in [0.1, 0.15) is 0 Å². The van der Waals surface area contributed by atoms with Gasteiger partial charge in [-0.05, 0) is 60.0 Å². The van der Waals surface area contributed by atoms with E-state index >= 15 is 0 Å². The normalized spacial score (nSPS) is 17.3. The van der Waals surface area contributed by atoms with Crippen molar-refractivity contribution in [1.82, 2.24) is 5.32 Å². The van der Waals surface area contributed by atoms with Crippen molar-refractivity contribution >= 4 is 46.2 Å². The SMILES string of the molecule is CCCCc1ccc(N=C2NC(=O)C(=Cc3ccccc3Cl)S2)cc1. The summed E-state index contributed by atoms with van der Waals surface area (Å²) in [7, 11) is 0. The molecule has 0 atom stereocenters. The Morgan fingerprint density at radius 3 is 2.64 bits per heavy atom. The van der Waals surface area contributed by atoms with Crippen LogP contribution in [-0.4, -0.2) is 11.1 Å². The van der Waals surface area contributed by atoms with Crippen LogP contribution in [0, 0.1) is 0 Å². The molecule has 2 aromatic carbocycles. The first-order valence-corrected chi connectivity index (χ1v) is 9.48. The van der Waals surface area contributed by atoms with Crippen molar-refractivity contribution in [3.8, 4) is 0 Å². The number of aliphatic imine (C=N–C) groups is 1. The molecule has 0 saturated carbocycles. The molecule has 0 radical (unpaired) electrons. The minimum atomic E-state index is -0.150. The molecule has 0 aliphatic carbocycles. The van der Waals surface area contributed by atoms with Gasteiger partial charge < -0.3 is 5.32 Å². The maximum atomic E-state index is 12.1. The summed E-state index contributed by atoms with van der Waals surface area (Å²) < 4.78 is 0. The first-order valence-electron chi connectivity index (χ1n) is 8.29. The summed E-state index contributed by atoms with van der Waals surface area (Å²) in [5.74, 6) is -0.150. The van der Waals surface area contributed by atoms with E-state index in [1.807, 2.05) is 30.3 Å². The lowest BCUT2D eigenvalue weighted by atomic mass is 10.1. The monoisotopic (exact) mass is 370 g/mol. The number of aryl methyl sites for hydroxylation is 1. The van der Waals surface area contributed by atoms with Crippen molar-refractivity contribution in [1.29, 1.82) is 0 Å². The Labute approximate surface area is 157 Å². The number of amides is 1. The molecule has 1 aliphatic heterocycles. The van der Waals surface area contributed by atoms with Crippen LogP contribution in [0.3, 0.4) is 0 Å². The number of rotatable bonds is 5. The van der Waals surface area contributed by atoms with Crippen molar-refractivity contribution in [3.63, 3.8) is 0 Å². The number of carbonyl (C=O) groups excluding carboxylic acids is 1. The molecule has 3 rings (SSSR count). The van der Waals surface area contributed by atoms with Crippen molar-refractivity contribution in [2.24, 2.45) is 4.99 Å². The number of hydrogen-bond acceptors (Lipinski definition) is 3. The van der Waals surface area contributed by atoms with Crippen LogP contribution >= 0.6 is 23.4 Å². The molecule has 3 nitrogen and oxygen atoms in total. The Hall–Kier alpha value is -2.04. The summed E-state index contributed by atoms with van der Waals surface area (Å²) in [4.78, 5) is 17.2. The fourth-order valence-electron chi connectivity index (χ4n) is 2.45. The zero-order chi connectivity index (χ0) is 17.6. The molecule has 1 heterocycles.